The Morgan fingerprint density at radius 1 is 1.10 bits per heavy atom. The molecule has 14 heteroatoms. The van der Waals surface area contributed by atoms with Gasteiger partial charge in [0.25, 0.3) is 0 Å². The zero-order valence-electron chi connectivity index (χ0n) is 15.1. The predicted octanol–water partition coefficient (Wildman–Crippen LogP) is 2.86. The van der Waals surface area contributed by atoms with Crippen molar-refractivity contribution in [1.29, 1.82) is 0 Å². The predicted molar refractivity (Wildman–Crippen MR) is 88.8 cm³/mol. The second kappa shape index (κ2) is 9.06. The van der Waals surface area contributed by atoms with Crippen LogP contribution in [0.1, 0.15) is 13.3 Å². The summed E-state index contributed by atoms with van der Waals surface area (Å²) in [6, 6.07) is 6.12. The molecular weight excluding hydrogens is 447 g/mol. The third-order valence-corrected chi connectivity index (χ3v) is 4.22. The molecule has 30 heavy (non-hydrogen) atoms. The van der Waals surface area contributed by atoms with Crippen molar-refractivity contribution in [1.82, 2.24) is 0 Å². The molecule has 1 aromatic rings. The molecule has 1 unspecified atom stereocenters. The Bertz CT molecular complexity index is 898. The summed E-state index contributed by atoms with van der Waals surface area (Å²) >= 11 is 0. The lowest BCUT2D eigenvalue weighted by molar-refractivity contribution is -0.353. The van der Waals surface area contributed by atoms with E-state index in [0.29, 0.717) is 0 Å². The van der Waals surface area contributed by atoms with Crippen LogP contribution >= 0.6 is 0 Å². The average molecular weight is 462 g/mol. The van der Waals surface area contributed by atoms with Crippen molar-refractivity contribution in [2.75, 3.05) is 6.61 Å². The van der Waals surface area contributed by atoms with Crippen molar-refractivity contribution in [2.45, 2.75) is 30.6 Å². The van der Waals surface area contributed by atoms with Crippen LogP contribution in [0.5, 0.6) is 5.75 Å². The standard InChI is InChI=1S/C16H15F5O8S/c1-10(2)12(22)29-15(16(19,20)21,13(23)28-11-6-4-3-5-7-11)27-9-8-14(17,18)30(24,25)26/h3-7H,1,8-9H2,2H3,(H,24,25,26). The van der Waals surface area contributed by atoms with E-state index in [2.05, 4.69) is 20.8 Å². The highest BCUT2D eigenvalue weighted by molar-refractivity contribution is 7.86. The molecular formula is C16H15F5O8S. The molecule has 0 saturated carbocycles. The van der Waals surface area contributed by atoms with Crippen molar-refractivity contribution in [2.24, 2.45) is 0 Å². The van der Waals surface area contributed by atoms with Gasteiger partial charge in [-0.2, -0.15) is 30.4 Å². The fourth-order valence-corrected chi connectivity index (χ4v) is 2.05. The summed E-state index contributed by atoms with van der Waals surface area (Å²) in [5.41, 5.74) is -0.608. The molecule has 1 N–H and O–H groups in total. The summed E-state index contributed by atoms with van der Waals surface area (Å²) in [4.78, 5) is 24.0. The van der Waals surface area contributed by atoms with E-state index in [1.165, 1.54) is 18.2 Å². The molecule has 0 aliphatic carbocycles. The molecule has 1 rings (SSSR count). The topological polar surface area (TPSA) is 116 Å². The molecule has 0 amide bonds. The lowest BCUT2D eigenvalue weighted by Crippen LogP contribution is -2.59. The van der Waals surface area contributed by atoms with Crippen LogP contribution in [0.25, 0.3) is 0 Å². The first-order valence-electron chi connectivity index (χ1n) is 7.75. The van der Waals surface area contributed by atoms with Crippen molar-refractivity contribution in [3.63, 3.8) is 0 Å². The first-order valence-corrected chi connectivity index (χ1v) is 9.19. The maximum atomic E-state index is 13.7. The van der Waals surface area contributed by atoms with Crippen LogP contribution < -0.4 is 4.74 Å². The van der Waals surface area contributed by atoms with Crippen molar-refractivity contribution in [3.8, 4) is 5.75 Å². The van der Waals surface area contributed by atoms with E-state index in [4.69, 9.17) is 4.55 Å². The summed E-state index contributed by atoms with van der Waals surface area (Å²) < 4.78 is 110. The molecule has 1 aromatic carbocycles. The van der Waals surface area contributed by atoms with Crippen molar-refractivity contribution in [3.05, 3.63) is 42.5 Å². The molecule has 0 bridgehead atoms. The van der Waals surface area contributed by atoms with E-state index in [0.717, 1.165) is 19.1 Å². The number of esters is 2. The molecule has 0 aromatic heterocycles. The fourth-order valence-electron chi connectivity index (χ4n) is 1.71. The van der Waals surface area contributed by atoms with E-state index in [1.54, 1.807) is 0 Å². The number of benzene rings is 1. The molecule has 0 spiro atoms. The van der Waals surface area contributed by atoms with Gasteiger partial charge in [-0.05, 0) is 19.1 Å². The summed E-state index contributed by atoms with van der Waals surface area (Å²) in [6.07, 6.45) is -7.86. The van der Waals surface area contributed by atoms with E-state index < -0.39 is 63.6 Å². The number of halogens is 5. The number of alkyl halides is 5. The normalized spacial score (nSPS) is 14.5. The Balaban J connectivity index is 3.31. The molecule has 0 heterocycles. The van der Waals surface area contributed by atoms with E-state index in [-0.39, 0.29) is 0 Å². The lowest BCUT2D eigenvalue weighted by Gasteiger charge is -2.32. The van der Waals surface area contributed by atoms with Crippen LogP contribution in [0.4, 0.5) is 22.0 Å². The first-order chi connectivity index (χ1) is 13.5. The number of ether oxygens (including phenoxy) is 3. The molecule has 1 atom stereocenters. The van der Waals surface area contributed by atoms with Crippen LogP contribution in [0, 0.1) is 0 Å². The van der Waals surface area contributed by atoms with Crippen LogP contribution in [-0.4, -0.2) is 48.7 Å². The molecule has 0 aliphatic heterocycles. The quantitative estimate of drug-likeness (QED) is 0.149. The van der Waals surface area contributed by atoms with E-state index in [9.17, 15) is 40.0 Å². The number of hydrogen-bond donors (Lipinski definition) is 1. The van der Waals surface area contributed by atoms with Crippen LogP contribution in [0.2, 0.25) is 0 Å². The highest BCUT2D eigenvalue weighted by Crippen LogP contribution is 2.38. The Morgan fingerprint density at radius 3 is 2.07 bits per heavy atom. The SMILES string of the molecule is C=C(C)C(=O)OC(OCCC(F)(F)S(=O)(=O)O)(C(=O)Oc1ccccc1)C(F)(F)F. The third-order valence-electron chi connectivity index (χ3n) is 3.26. The monoisotopic (exact) mass is 462 g/mol. The maximum absolute atomic E-state index is 13.7. The number of para-hydroxylation sites is 1. The van der Waals surface area contributed by atoms with Crippen LogP contribution in [0.3, 0.4) is 0 Å². The van der Waals surface area contributed by atoms with Gasteiger partial charge in [0.15, 0.2) is 0 Å². The smallest absolute Gasteiger partial charge is 0.421 e. The van der Waals surface area contributed by atoms with Gasteiger partial charge in [-0.15, -0.1) is 0 Å². The molecule has 168 valence electrons. The van der Waals surface area contributed by atoms with Gasteiger partial charge in [-0.25, -0.2) is 9.59 Å². The highest BCUT2D eigenvalue weighted by Gasteiger charge is 2.68. The average Bonchev–Trinajstić information content (AvgIpc) is 2.59. The van der Waals surface area contributed by atoms with Gasteiger partial charge >= 0.3 is 39.3 Å². The minimum Gasteiger partial charge on any atom is -0.421 e. The third kappa shape index (κ3) is 5.96. The Labute approximate surface area is 167 Å². The second-order valence-corrected chi connectivity index (χ2v) is 7.25. The van der Waals surface area contributed by atoms with Gasteiger partial charge < -0.3 is 14.2 Å². The Morgan fingerprint density at radius 2 is 1.63 bits per heavy atom. The highest BCUT2D eigenvalue weighted by atomic mass is 32.2. The Hall–Kier alpha value is -2.58. The van der Waals surface area contributed by atoms with Crippen LogP contribution in [0.15, 0.2) is 42.5 Å². The number of rotatable bonds is 9. The molecule has 8 nitrogen and oxygen atoms in total. The summed E-state index contributed by atoms with van der Waals surface area (Å²) in [5, 5.41) is -4.91. The summed E-state index contributed by atoms with van der Waals surface area (Å²) in [5.74, 6) is -9.10. The van der Waals surface area contributed by atoms with Gasteiger partial charge in [-0.3, -0.25) is 4.55 Å². The molecule has 0 saturated heterocycles. The molecule has 0 aliphatic rings. The van der Waals surface area contributed by atoms with Crippen LogP contribution in [-0.2, 0) is 29.2 Å². The second-order valence-electron chi connectivity index (χ2n) is 5.70. The fraction of sp³-hybridized carbons (Fsp3) is 0.375. The first kappa shape index (κ1) is 25.5. The minimum atomic E-state index is -5.99. The minimum absolute atomic E-state index is 0.436. The zero-order valence-corrected chi connectivity index (χ0v) is 15.9. The number of carbonyl (C=O) groups excluding carboxylic acids is 2. The zero-order chi connectivity index (χ0) is 23.4. The van der Waals surface area contributed by atoms with Gasteiger partial charge in [0.2, 0.25) is 0 Å². The van der Waals surface area contributed by atoms with E-state index in [1.807, 2.05) is 0 Å². The van der Waals surface area contributed by atoms with Crippen molar-refractivity contribution < 1.29 is 58.7 Å². The van der Waals surface area contributed by atoms with Gasteiger partial charge in [0.05, 0.1) is 13.0 Å². The largest absolute Gasteiger partial charge is 0.468 e. The summed E-state index contributed by atoms with van der Waals surface area (Å²) in [6.45, 7) is 2.17. The Kier molecular flexibility index (Phi) is 7.68. The van der Waals surface area contributed by atoms with Gasteiger partial charge in [-0.1, -0.05) is 24.8 Å². The van der Waals surface area contributed by atoms with Gasteiger partial charge in [0, 0.05) is 5.57 Å². The lowest BCUT2D eigenvalue weighted by atomic mass is 10.2. The number of carbonyl (C=O) groups is 2. The molecule has 0 radical (unpaired) electrons. The van der Waals surface area contributed by atoms with E-state index >= 15 is 0 Å². The number of hydrogen-bond acceptors (Lipinski definition) is 7. The van der Waals surface area contributed by atoms with Gasteiger partial charge in [0.1, 0.15) is 5.75 Å². The maximum Gasteiger partial charge on any atom is 0.468 e. The molecule has 0 fully saturated rings. The van der Waals surface area contributed by atoms with Crippen molar-refractivity contribution >= 4 is 22.1 Å². The summed E-state index contributed by atoms with van der Waals surface area (Å²) in [7, 11) is -5.99.